The van der Waals surface area contributed by atoms with Crippen molar-refractivity contribution < 1.29 is 17.7 Å². The summed E-state index contributed by atoms with van der Waals surface area (Å²) in [5, 5.41) is 22.2. The molecule has 8 aromatic heterocycles. The molecule has 0 saturated heterocycles. The first-order chi connectivity index (χ1) is 69.5. The number of fused-ring (bicyclic) bond motifs is 40. The lowest BCUT2D eigenvalue weighted by Gasteiger charge is -2.20. The Morgan fingerprint density at radius 2 is 0.465 bits per heavy atom. The first kappa shape index (κ1) is 81.7. The Morgan fingerprint density at radius 1 is 0.176 bits per heavy atom. The minimum atomic E-state index is -0.128. The molecule has 8 heterocycles. The van der Waals surface area contributed by atoms with Crippen LogP contribution in [0.5, 0.6) is 0 Å². The van der Waals surface area contributed by atoms with Gasteiger partial charge in [-0.25, -0.2) is 0 Å². The van der Waals surface area contributed by atoms with Crippen LogP contribution in [0.15, 0.2) is 442 Å². The second-order valence-corrected chi connectivity index (χ2v) is 41.1. The zero-order valence-electron chi connectivity index (χ0n) is 79.8. The molecular weight excluding hydrogens is 1730 g/mol. The molecule has 674 valence electrons. The standard InChI is InChI=1S/C37H25NO.C35H25NO.C33H23NO.C29H21NO/c1-37(2)30-17-9-7-16-28(30)35-33(37)29-20-19-27-26-15-8-10-18-31(26)38(34(27)36(29)39-35)32-21-22-11-3-4-12-23(22)24-13-5-6-14-25(24)32;1-35(2)29-17-8-6-16-27(29)33-31(35)28-20-19-26-25-15-7-9-18-30(25)36(32(26)34(28)37-33)24-14-10-13-23(21-24)22-11-4-3-5-12-22;1-33(2)27-13-7-5-12-25(27)31-29(33)26-18-17-24-23-11-6-8-14-28(23)34(30(24)32(26)35-31)22-16-15-20-9-3-4-10-21(20)19-22;1-29(2)23-14-8-6-13-21(23)27-25(29)22-17-16-20-19-12-7-9-15-24(19)30(26(20)28(22)31-27)18-10-4-3-5-11-18/h3-21H,1-2H3;3-21H,1-2H3;3-19H,1-2H3;3-17H,1-2H3. The Hall–Kier alpha value is -17.5. The maximum absolute atomic E-state index is 6.96. The average Bonchev–Trinajstić information content (AvgIpc) is 1.55. The molecule has 0 amide bonds. The summed E-state index contributed by atoms with van der Waals surface area (Å²) in [6.45, 7) is 18.5. The van der Waals surface area contributed by atoms with Gasteiger partial charge in [0, 0.05) is 153 Å². The van der Waals surface area contributed by atoms with Crippen molar-refractivity contribution in [1.29, 1.82) is 0 Å². The molecule has 8 heteroatoms. The number of aromatic nitrogens is 4. The van der Waals surface area contributed by atoms with E-state index >= 15 is 0 Å². The van der Waals surface area contributed by atoms with Gasteiger partial charge < -0.3 is 35.9 Å². The molecular formula is C134H94N4O4. The highest BCUT2D eigenvalue weighted by Gasteiger charge is 2.46. The number of benzene rings is 20. The predicted molar refractivity (Wildman–Crippen MR) is 590 cm³/mol. The minimum absolute atomic E-state index is 0.0888. The van der Waals surface area contributed by atoms with Crippen molar-refractivity contribution in [2.45, 2.75) is 77.0 Å². The van der Waals surface area contributed by atoms with Gasteiger partial charge >= 0.3 is 0 Å². The van der Waals surface area contributed by atoms with Crippen molar-refractivity contribution in [3.05, 3.63) is 469 Å². The molecule has 0 aliphatic heterocycles. The van der Waals surface area contributed by atoms with E-state index in [1.165, 1.54) is 203 Å². The first-order valence-corrected chi connectivity index (χ1v) is 49.5. The summed E-state index contributed by atoms with van der Waals surface area (Å²) in [6.07, 6.45) is 0. The first-order valence-electron chi connectivity index (χ1n) is 49.5. The lowest BCUT2D eigenvalue weighted by Crippen LogP contribution is -2.14. The van der Waals surface area contributed by atoms with Gasteiger partial charge in [-0.1, -0.05) is 413 Å². The Morgan fingerprint density at radius 3 is 0.880 bits per heavy atom. The van der Waals surface area contributed by atoms with E-state index in [0.29, 0.717) is 0 Å². The molecule has 4 aliphatic carbocycles. The second kappa shape index (κ2) is 30.0. The number of hydrogen-bond acceptors (Lipinski definition) is 4. The fourth-order valence-electron chi connectivity index (χ4n) is 25.7. The van der Waals surface area contributed by atoms with Crippen molar-refractivity contribution in [1.82, 2.24) is 18.3 Å². The lowest BCUT2D eigenvalue weighted by molar-refractivity contribution is 0.620. The van der Waals surface area contributed by atoms with E-state index in [1.54, 1.807) is 0 Å². The summed E-state index contributed by atoms with van der Waals surface area (Å²) in [5.41, 5.74) is 35.2. The van der Waals surface area contributed by atoms with Gasteiger partial charge in [0.2, 0.25) is 0 Å². The molecule has 0 fully saturated rings. The molecule has 0 spiro atoms. The van der Waals surface area contributed by atoms with Gasteiger partial charge in [-0.05, 0) is 127 Å². The average molecular weight is 1820 g/mol. The highest BCUT2D eigenvalue weighted by Crippen LogP contribution is 2.61. The highest BCUT2D eigenvalue weighted by atomic mass is 16.3. The Labute approximate surface area is 819 Å². The molecule has 142 heavy (non-hydrogen) atoms. The van der Waals surface area contributed by atoms with E-state index in [9.17, 15) is 0 Å². The van der Waals surface area contributed by atoms with Crippen LogP contribution in [0, 0.1) is 0 Å². The van der Waals surface area contributed by atoms with E-state index in [4.69, 9.17) is 17.7 Å². The third-order valence-electron chi connectivity index (χ3n) is 32.0. The van der Waals surface area contributed by atoms with Crippen LogP contribution in [0.2, 0.25) is 0 Å². The van der Waals surface area contributed by atoms with Crippen LogP contribution in [0.1, 0.15) is 99.9 Å². The molecule has 20 aromatic carbocycles. The molecule has 0 saturated carbocycles. The van der Waals surface area contributed by atoms with Crippen LogP contribution in [0.25, 0.3) is 243 Å². The fraction of sp³-hybridized carbons (Fsp3) is 0.0896. The van der Waals surface area contributed by atoms with Gasteiger partial charge in [-0.2, -0.15) is 0 Å². The van der Waals surface area contributed by atoms with Crippen molar-refractivity contribution in [2.75, 3.05) is 0 Å². The monoisotopic (exact) mass is 1820 g/mol. The molecule has 8 nitrogen and oxygen atoms in total. The van der Waals surface area contributed by atoms with Crippen molar-refractivity contribution in [2.24, 2.45) is 0 Å². The highest BCUT2D eigenvalue weighted by molar-refractivity contribution is 6.24. The van der Waals surface area contributed by atoms with Crippen LogP contribution < -0.4 is 0 Å². The summed E-state index contributed by atoms with van der Waals surface area (Å²) in [6, 6.07) is 153. The SMILES string of the molecule is CC1(C)c2ccccc2-c2oc3c(ccc4c5ccccc5n(-c5cc6ccccc6c6ccccc56)c43)c21.CC1(C)c2ccccc2-c2oc3c(ccc4c5ccccc5n(-c5ccc6ccccc6c5)c43)c21.CC1(C)c2ccccc2-c2oc3c(ccc4c5ccccc5n(-c5cccc(-c6ccccc6)c5)c43)c21.CC1(C)c2ccccc2-c2oc3c(ccc4c5ccccc5n(-c5ccccc5)c43)c21. The van der Waals surface area contributed by atoms with Crippen LogP contribution in [-0.2, 0) is 21.7 Å². The van der Waals surface area contributed by atoms with Crippen molar-refractivity contribution in [3.63, 3.8) is 0 Å². The van der Waals surface area contributed by atoms with E-state index in [1.807, 2.05) is 0 Å². The molecule has 32 rings (SSSR count). The number of nitrogens with zero attached hydrogens (tertiary/aromatic N) is 4. The second-order valence-electron chi connectivity index (χ2n) is 41.1. The molecule has 4 aliphatic rings. The molecule has 0 unspecified atom stereocenters. The number of rotatable bonds is 5. The molecule has 28 aromatic rings. The maximum Gasteiger partial charge on any atom is 0.159 e. The third-order valence-corrected chi connectivity index (χ3v) is 32.0. The summed E-state index contributed by atoms with van der Waals surface area (Å²) in [7, 11) is 0. The molecule has 0 N–H and O–H groups in total. The quantitative estimate of drug-likeness (QED) is 0.161. The maximum atomic E-state index is 6.96. The zero-order chi connectivity index (χ0) is 94.7. The number of furan rings is 4. The third kappa shape index (κ3) is 11.4. The van der Waals surface area contributed by atoms with Crippen LogP contribution in [0.3, 0.4) is 0 Å². The lowest BCUT2D eigenvalue weighted by atomic mass is 9.81. The van der Waals surface area contributed by atoms with Crippen molar-refractivity contribution >= 4 is 163 Å². The Kier molecular flexibility index (Phi) is 17.3. The van der Waals surface area contributed by atoms with Crippen LogP contribution >= 0.6 is 0 Å². The normalized spacial score (nSPS) is 14.1. The van der Waals surface area contributed by atoms with Crippen LogP contribution in [0.4, 0.5) is 0 Å². The van der Waals surface area contributed by atoms with Gasteiger partial charge in [-0.15, -0.1) is 0 Å². The summed E-state index contributed by atoms with van der Waals surface area (Å²) in [5.74, 6) is 4.06. The zero-order valence-corrected chi connectivity index (χ0v) is 79.8. The van der Waals surface area contributed by atoms with E-state index in [0.717, 1.165) is 84.5 Å². The van der Waals surface area contributed by atoms with Gasteiger partial charge in [0.25, 0.3) is 0 Å². The minimum Gasteiger partial charge on any atom is -0.453 e. The molecule has 0 bridgehead atoms. The van der Waals surface area contributed by atoms with Gasteiger partial charge in [-0.3, -0.25) is 0 Å². The smallest absolute Gasteiger partial charge is 0.159 e. The Balaban J connectivity index is 0.0000000907. The van der Waals surface area contributed by atoms with Crippen LogP contribution in [-0.4, -0.2) is 18.3 Å². The largest absolute Gasteiger partial charge is 0.453 e. The molecule has 0 atom stereocenters. The predicted octanol–water partition coefficient (Wildman–Crippen LogP) is 36.5. The summed E-state index contributed by atoms with van der Waals surface area (Å²) >= 11 is 0. The summed E-state index contributed by atoms with van der Waals surface area (Å²) < 4.78 is 37.0. The van der Waals surface area contributed by atoms with Gasteiger partial charge in [0.05, 0.1) is 49.8 Å². The fourth-order valence-corrected chi connectivity index (χ4v) is 25.7. The van der Waals surface area contributed by atoms with E-state index in [2.05, 4.69) is 498 Å². The van der Waals surface area contributed by atoms with Gasteiger partial charge in [0.1, 0.15) is 23.0 Å². The number of para-hydroxylation sites is 5. The topological polar surface area (TPSA) is 72.3 Å². The molecule has 0 radical (unpaired) electrons. The van der Waals surface area contributed by atoms with Crippen molar-refractivity contribution in [3.8, 4) is 79.2 Å². The van der Waals surface area contributed by atoms with E-state index < -0.39 is 0 Å². The van der Waals surface area contributed by atoms with E-state index in [-0.39, 0.29) is 21.7 Å². The van der Waals surface area contributed by atoms with Gasteiger partial charge in [0.15, 0.2) is 22.3 Å². The number of hydrogen-bond donors (Lipinski definition) is 0. The Bertz CT molecular complexity index is 10300. The summed E-state index contributed by atoms with van der Waals surface area (Å²) in [4.78, 5) is 0.